The van der Waals surface area contributed by atoms with Crippen molar-refractivity contribution in [1.29, 1.82) is 0 Å². The first-order chi connectivity index (χ1) is 6.79. The number of alkyl halides is 3. The molecule has 1 rings (SSSR count). The molecular formula is C10H13F3N2. The van der Waals surface area contributed by atoms with Crippen molar-refractivity contribution in [2.75, 3.05) is 7.05 Å². The quantitative estimate of drug-likeness (QED) is 0.825. The number of nitrogens with one attached hydrogen (secondary N) is 1. The highest BCUT2D eigenvalue weighted by Gasteiger charge is 2.37. The molecule has 0 unspecified atom stereocenters. The molecule has 0 saturated carbocycles. The van der Waals surface area contributed by atoms with E-state index < -0.39 is 17.3 Å². The molecule has 0 bridgehead atoms. The van der Waals surface area contributed by atoms with Crippen molar-refractivity contribution >= 4 is 0 Å². The van der Waals surface area contributed by atoms with E-state index in [-0.39, 0.29) is 5.56 Å². The van der Waals surface area contributed by atoms with Gasteiger partial charge in [0.1, 0.15) is 0 Å². The Morgan fingerprint density at radius 1 is 1.20 bits per heavy atom. The van der Waals surface area contributed by atoms with Gasteiger partial charge in [-0.2, -0.15) is 13.2 Å². The van der Waals surface area contributed by atoms with Crippen LogP contribution in [0.15, 0.2) is 18.5 Å². The van der Waals surface area contributed by atoms with Gasteiger partial charge in [0.15, 0.2) is 0 Å². The lowest BCUT2D eigenvalue weighted by molar-refractivity contribution is -0.138. The molecule has 0 aliphatic carbocycles. The van der Waals surface area contributed by atoms with Crippen LogP contribution in [0, 0.1) is 0 Å². The second-order valence-electron chi connectivity index (χ2n) is 3.79. The molecule has 0 aliphatic rings. The van der Waals surface area contributed by atoms with E-state index in [4.69, 9.17) is 0 Å². The molecule has 0 fully saturated rings. The summed E-state index contributed by atoms with van der Waals surface area (Å²) < 4.78 is 38.0. The lowest BCUT2D eigenvalue weighted by Gasteiger charge is -2.27. The molecule has 0 atom stereocenters. The zero-order valence-corrected chi connectivity index (χ0v) is 8.81. The summed E-state index contributed by atoms with van der Waals surface area (Å²) in [5, 5.41) is 2.83. The summed E-state index contributed by atoms with van der Waals surface area (Å²) in [4.78, 5) is 3.73. The third-order valence-electron chi connectivity index (χ3n) is 2.42. The fourth-order valence-electron chi connectivity index (χ4n) is 1.27. The van der Waals surface area contributed by atoms with Gasteiger partial charge in [0.2, 0.25) is 0 Å². The first kappa shape index (κ1) is 12.0. The van der Waals surface area contributed by atoms with E-state index in [0.29, 0.717) is 0 Å². The van der Waals surface area contributed by atoms with Gasteiger partial charge < -0.3 is 5.32 Å². The summed E-state index contributed by atoms with van der Waals surface area (Å²) in [6.07, 6.45) is -1.94. The second-order valence-corrected chi connectivity index (χ2v) is 3.79. The van der Waals surface area contributed by atoms with Crippen LogP contribution in [-0.4, -0.2) is 12.0 Å². The predicted molar refractivity (Wildman–Crippen MR) is 51.3 cm³/mol. The molecule has 1 aromatic heterocycles. The highest BCUT2D eigenvalue weighted by Crippen LogP contribution is 2.35. The van der Waals surface area contributed by atoms with Crippen LogP contribution in [0.5, 0.6) is 0 Å². The fraction of sp³-hybridized carbons (Fsp3) is 0.500. The van der Waals surface area contributed by atoms with Crippen molar-refractivity contribution in [2.45, 2.75) is 25.6 Å². The molecule has 1 aromatic rings. The summed E-state index contributed by atoms with van der Waals surface area (Å²) in [5.74, 6) is 0. The van der Waals surface area contributed by atoms with Crippen LogP contribution in [-0.2, 0) is 11.7 Å². The van der Waals surface area contributed by atoms with Crippen LogP contribution in [0.3, 0.4) is 0 Å². The summed E-state index contributed by atoms with van der Waals surface area (Å²) in [6.45, 7) is 3.36. The Hall–Kier alpha value is -1.10. The van der Waals surface area contributed by atoms with Crippen LogP contribution in [0.1, 0.15) is 25.0 Å². The molecule has 1 heterocycles. The second kappa shape index (κ2) is 3.81. The van der Waals surface area contributed by atoms with E-state index in [1.807, 2.05) is 0 Å². The number of hydrogen-bond donors (Lipinski definition) is 1. The van der Waals surface area contributed by atoms with Gasteiger partial charge in [0.25, 0.3) is 0 Å². The van der Waals surface area contributed by atoms with Crippen LogP contribution in [0.2, 0.25) is 0 Å². The monoisotopic (exact) mass is 218 g/mol. The Morgan fingerprint density at radius 2 is 1.80 bits per heavy atom. The number of nitrogens with zero attached hydrogens (tertiary/aromatic N) is 1. The van der Waals surface area contributed by atoms with Crippen molar-refractivity contribution in [3.8, 4) is 0 Å². The molecule has 1 N–H and O–H groups in total. The average Bonchev–Trinajstić information content (AvgIpc) is 2.16. The smallest absolute Gasteiger partial charge is 0.311 e. The summed E-state index contributed by atoms with van der Waals surface area (Å²) in [7, 11) is 1.62. The highest BCUT2D eigenvalue weighted by molar-refractivity contribution is 5.31. The maximum Gasteiger partial charge on any atom is 0.416 e. The zero-order chi connectivity index (χ0) is 11.7. The molecular weight excluding hydrogens is 205 g/mol. The first-order valence-corrected chi connectivity index (χ1v) is 4.49. The standard InChI is InChI=1S/C10H13F3N2/c1-9(2,14-3)8-6-15-5-4-7(8)10(11,12)13/h4-6,14H,1-3H3. The SMILES string of the molecule is CNC(C)(C)c1cnccc1C(F)(F)F. The van der Waals surface area contributed by atoms with E-state index >= 15 is 0 Å². The van der Waals surface area contributed by atoms with Gasteiger partial charge in [-0.25, -0.2) is 0 Å². The first-order valence-electron chi connectivity index (χ1n) is 4.49. The van der Waals surface area contributed by atoms with Crippen LogP contribution < -0.4 is 5.32 Å². The Kier molecular flexibility index (Phi) is 3.04. The Bertz CT molecular complexity index is 345. The lowest BCUT2D eigenvalue weighted by atomic mass is 9.91. The maximum atomic E-state index is 12.7. The van der Waals surface area contributed by atoms with Gasteiger partial charge in [0.05, 0.1) is 5.56 Å². The van der Waals surface area contributed by atoms with E-state index in [1.54, 1.807) is 20.9 Å². The van der Waals surface area contributed by atoms with Crippen molar-refractivity contribution in [3.63, 3.8) is 0 Å². The molecule has 15 heavy (non-hydrogen) atoms. The van der Waals surface area contributed by atoms with E-state index in [2.05, 4.69) is 10.3 Å². The Morgan fingerprint density at radius 3 is 2.27 bits per heavy atom. The molecule has 0 aliphatic heterocycles. The third kappa shape index (κ3) is 2.47. The van der Waals surface area contributed by atoms with Gasteiger partial charge in [-0.1, -0.05) is 0 Å². The molecule has 5 heteroatoms. The van der Waals surface area contributed by atoms with Crippen molar-refractivity contribution in [2.24, 2.45) is 0 Å². The van der Waals surface area contributed by atoms with Crippen molar-refractivity contribution in [3.05, 3.63) is 29.6 Å². The minimum atomic E-state index is -4.34. The number of aromatic nitrogens is 1. The fourth-order valence-corrected chi connectivity index (χ4v) is 1.27. The molecule has 0 saturated heterocycles. The topological polar surface area (TPSA) is 24.9 Å². The summed E-state index contributed by atoms with van der Waals surface area (Å²) >= 11 is 0. The lowest BCUT2D eigenvalue weighted by Crippen LogP contribution is -2.35. The largest absolute Gasteiger partial charge is 0.416 e. The number of rotatable bonds is 2. The Labute approximate surface area is 86.5 Å². The van der Waals surface area contributed by atoms with Gasteiger partial charge in [-0.05, 0) is 27.0 Å². The van der Waals surface area contributed by atoms with E-state index in [1.165, 1.54) is 6.20 Å². The van der Waals surface area contributed by atoms with Crippen molar-refractivity contribution < 1.29 is 13.2 Å². The van der Waals surface area contributed by atoms with E-state index in [9.17, 15) is 13.2 Å². The van der Waals surface area contributed by atoms with E-state index in [0.717, 1.165) is 12.3 Å². The maximum absolute atomic E-state index is 12.7. The number of pyridine rings is 1. The number of halogens is 3. The Balaban J connectivity index is 3.31. The molecule has 0 radical (unpaired) electrons. The minimum Gasteiger partial charge on any atom is -0.311 e. The zero-order valence-electron chi connectivity index (χ0n) is 8.81. The summed E-state index contributed by atoms with van der Waals surface area (Å²) in [5.41, 5.74) is -1.24. The van der Waals surface area contributed by atoms with Gasteiger partial charge in [-0.15, -0.1) is 0 Å². The van der Waals surface area contributed by atoms with Crippen LogP contribution >= 0.6 is 0 Å². The van der Waals surface area contributed by atoms with Crippen LogP contribution in [0.25, 0.3) is 0 Å². The van der Waals surface area contributed by atoms with Crippen LogP contribution in [0.4, 0.5) is 13.2 Å². The van der Waals surface area contributed by atoms with Gasteiger partial charge in [-0.3, -0.25) is 4.98 Å². The highest BCUT2D eigenvalue weighted by atomic mass is 19.4. The molecule has 2 nitrogen and oxygen atoms in total. The molecule has 0 aromatic carbocycles. The minimum absolute atomic E-state index is 0.153. The van der Waals surface area contributed by atoms with Gasteiger partial charge >= 0.3 is 6.18 Å². The third-order valence-corrected chi connectivity index (χ3v) is 2.42. The van der Waals surface area contributed by atoms with Crippen molar-refractivity contribution in [1.82, 2.24) is 10.3 Å². The van der Waals surface area contributed by atoms with Gasteiger partial charge in [0, 0.05) is 23.5 Å². The number of hydrogen-bond acceptors (Lipinski definition) is 2. The molecule has 84 valence electrons. The average molecular weight is 218 g/mol. The normalized spacial score (nSPS) is 12.9. The molecule has 0 spiro atoms. The predicted octanol–water partition coefficient (Wildman–Crippen LogP) is 2.55. The molecule has 0 amide bonds. The summed E-state index contributed by atoms with van der Waals surface area (Å²) in [6, 6.07) is 0.994.